The Morgan fingerprint density at radius 3 is 2.70 bits per heavy atom. The SMILES string of the molecule is CCc1oc2ccccc2c1C(=O)c1cccc(Cl)c1. The van der Waals surface area contributed by atoms with Crippen molar-refractivity contribution in [1.29, 1.82) is 0 Å². The smallest absolute Gasteiger partial charge is 0.197 e. The van der Waals surface area contributed by atoms with Crippen molar-refractivity contribution < 1.29 is 9.21 Å². The molecule has 0 unspecified atom stereocenters. The Morgan fingerprint density at radius 2 is 1.95 bits per heavy atom. The van der Waals surface area contributed by atoms with Crippen molar-refractivity contribution in [3.05, 3.63) is 70.4 Å². The minimum atomic E-state index is -0.0469. The van der Waals surface area contributed by atoms with Gasteiger partial charge in [0.15, 0.2) is 5.78 Å². The summed E-state index contributed by atoms with van der Waals surface area (Å²) in [6.45, 7) is 1.98. The highest BCUT2D eigenvalue weighted by atomic mass is 35.5. The quantitative estimate of drug-likeness (QED) is 0.642. The minimum Gasteiger partial charge on any atom is -0.460 e. The van der Waals surface area contributed by atoms with E-state index in [1.807, 2.05) is 31.2 Å². The van der Waals surface area contributed by atoms with Crippen LogP contribution < -0.4 is 0 Å². The number of rotatable bonds is 3. The molecule has 1 aromatic heterocycles. The van der Waals surface area contributed by atoms with Crippen LogP contribution in [-0.2, 0) is 6.42 Å². The number of carbonyl (C=O) groups is 1. The van der Waals surface area contributed by atoms with E-state index in [9.17, 15) is 4.79 Å². The van der Waals surface area contributed by atoms with E-state index in [0.717, 1.165) is 16.7 Å². The standard InChI is InChI=1S/C17H13ClO2/c1-2-14-16(13-8-3-4-9-15(13)20-14)17(19)11-6-5-7-12(18)10-11/h3-10H,2H2,1H3. The van der Waals surface area contributed by atoms with E-state index in [4.69, 9.17) is 16.0 Å². The molecule has 1 heterocycles. The molecule has 0 atom stereocenters. The Morgan fingerprint density at radius 1 is 1.15 bits per heavy atom. The fourth-order valence-corrected chi connectivity index (χ4v) is 2.56. The van der Waals surface area contributed by atoms with E-state index in [2.05, 4.69) is 0 Å². The van der Waals surface area contributed by atoms with Crippen LogP contribution in [0.3, 0.4) is 0 Å². The molecule has 2 aromatic carbocycles. The Bertz CT molecular complexity index is 787. The van der Waals surface area contributed by atoms with Crippen molar-refractivity contribution in [2.75, 3.05) is 0 Å². The fraction of sp³-hybridized carbons (Fsp3) is 0.118. The summed E-state index contributed by atoms with van der Waals surface area (Å²) in [6, 6.07) is 14.6. The second kappa shape index (κ2) is 5.14. The molecule has 0 amide bonds. The van der Waals surface area contributed by atoms with Crippen molar-refractivity contribution >= 4 is 28.4 Å². The van der Waals surface area contributed by atoms with E-state index < -0.39 is 0 Å². The van der Waals surface area contributed by atoms with Crippen LogP contribution in [0.5, 0.6) is 0 Å². The van der Waals surface area contributed by atoms with Crippen molar-refractivity contribution in [1.82, 2.24) is 0 Å². The molecule has 100 valence electrons. The summed E-state index contributed by atoms with van der Waals surface area (Å²) in [7, 11) is 0. The third-order valence-electron chi connectivity index (χ3n) is 3.30. The van der Waals surface area contributed by atoms with Gasteiger partial charge in [-0.3, -0.25) is 4.79 Å². The molecule has 0 saturated carbocycles. The first-order valence-electron chi connectivity index (χ1n) is 6.51. The highest BCUT2D eigenvalue weighted by Crippen LogP contribution is 2.29. The highest BCUT2D eigenvalue weighted by Gasteiger charge is 2.20. The normalized spacial score (nSPS) is 10.9. The van der Waals surface area contributed by atoms with Gasteiger partial charge >= 0.3 is 0 Å². The largest absolute Gasteiger partial charge is 0.460 e. The van der Waals surface area contributed by atoms with Crippen molar-refractivity contribution in [3.63, 3.8) is 0 Å². The molecule has 0 aliphatic heterocycles. The monoisotopic (exact) mass is 284 g/mol. The molecule has 2 nitrogen and oxygen atoms in total. The summed E-state index contributed by atoms with van der Waals surface area (Å²) in [5.74, 6) is 0.672. The molecular weight excluding hydrogens is 272 g/mol. The number of fused-ring (bicyclic) bond motifs is 1. The molecule has 0 fully saturated rings. The maximum Gasteiger partial charge on any atom is 0.197 e. The van der Waals surface area contributed by atoms with Gasteiger partial charge in [-0.25, -0.2) is 0 Å². The lowest BCUT2D eigenvalue weighted by molar-refractivity contribution is 0.103. The molecule has 3 aromatic rings. The summed E-state index contributed by atoms with van der Waals surface area (Å²) < 4.78 is 5.77. The lowest BCUT2D eigenvalue weighted by atomic mass is 9.99. The predicted molar refractivity (Wildman–Crippen MR) is 80.5 cm³/mol. The van der Waals surface area contributed by atoms with Gasteiger partial charge in [-0.15, -0.1) is 0 Å². The molecule has 0 radical (unpaired) electrons. The van der Waals surface area contributed by atoms with E-state index in [1.165, 1.54) is 0 Å². The highest BCUT2D eigenvalue weighted by molar-refractivity contribution is 6.31. The zero-order valence-corrected chi connectivity index (χ0v) is 11.8. The van der Waals surface area contributed by atoms with Crippen LogP contribution in [0.4, 0.5) is 0 Å². The number of halogens is 1. The number of para-hydroxylation sites is 1. The average molecular weight is 285 g/mol. The first-order valence-corrected chi connectivity index (χ1v) is 6.89. The van der Waals surface area contributed by atoms with Crippen LogP contribution in [0.25, 0.3) is 11.0 Å². The second-order valence-corrected chi connectivity index (χ2v) is 5.03. The molecule has 0 spiro atoms. The second-order valence-electron chi connectivity index (χ2n) is 4.59. The van der Waals surface area contributed by atoms with Crippen LogP contribution in [0.1, 0.15) is 28.6 Å². The van der Waals surface area contributed by atoms with Gasteiger partial charge in [0, 0.05) is 22.4 Å². The summed E-state index contributed by atoms with van der Waals surface area (Å²) >= 11 is 5.97. The predicted octanol–water partition coefficient (Wildman–Crippen LogP) is 4.88. The maximum absolute atomic E-state index is 12.7. The Balaban J connectivity index is 2.20. The Labute approximate surface area is 122 Å². The molecular formula is C17H13ClO2. The van der Waals surface area contributed by atoms with Crippen molar-refractivity contribution in [3.8, 4) is 0 Å². The van der Waals surface area contributed by atoms with Gasteiger partial charge in [-0.05, 0) is 18.2 Å². The van der Waals surface area contributed by atoms with Gasteiger partial charge < -0.3 is 4.42 Å². The molecule has 0 saturated heterocycles. The van der Waals surface area contributed by atoms with E-state index in [1.54, 1.807) is 24.3 Å². The third kappa shape index (κ3) is 2.12. The number of furan rings is 1. The summed E-state index contributed by atoms with van der Waals surface area (Å²) in [5, 5.41) is 1.41. The molecule has 0 bridgehead atoms. The first kappa shape index (κ1) is 12.9. The van der Waals surface area contributed by atoms with E-state index in [0.29, 0.717) is 22.6 Å². The zero-order valence-electron chi connectivity index (χ0n) is 11.0. The molecule has 20 heavy (non-hydrogen) atoms. The van der Waals surface area contributed by atoms with Crippen LogP contribution >= 0.6 is 11.6 Å². The fourth-order valence-electron chi connectivity index (χ4n) is 2.37. The lowest BCUT2D eigenvalue weighted by Gasteiger charge is -2.02. The van der Waals surface area contributed by atoms with E-state index in [-0.39, 0.29) is 5.78 Å². The average Bonchev–Trinajstić information content (AvgIpc) is 2.85. The number of hydrogen-bond acceptors (Lipinski definition) is 2. The summed E-state index contributed by atoms with van der Waals surface area (Å²) in [5.41, 5.74) is 1.97. The van der Waals surface area contributed by atoms with Crippen molar-refractivity contribution in [2.24, 2.45) is 0 Å². The lowest BCUT2D eigenvalue weighted by Crippen LogP contribution is -2.03. The summed E-state index contributed by atoms with van der Waals surface area (Å²) in [6.07, 6.45) is 0.677. The first-order chi connectivity index (χ1) is 9.70. The van der Waals surface area contributed by atoms with Gasteiger partial charge in [0.05, 0.1) is 5.56 Å². The third-order valence-corrected chi connectivity index (χ3v) is 3.54. The van der Waals surface area contributed by atoms with Crippen LogP contribution in [0.15, 0.2) is 52.9 Å². The van der Waals surface area contributed by atoms with Gasteiger partial charge in [0.2, 0.25) is 0 Å². The molecule has 0 aliphatic rings. The number of hydrogen-bond donors (Lipinski definition) is 0. The number of ketones is 1. The number of aryl methyl sites for hydroxylation is 1. The van der Waals surface area contributed by atoms with E-state index >= 15 is 0 Å². The van der Waals surface area contributed by atoms with Crippen LogP contribution in [-0.4, -0.2) is 5.78 Å². The van der Waals surface area contributed by atoms with Crippen LogP contribution in [0.2, 0.25) is 5.02 Å². The minimum absolute atomic E-state index is 0.0469. The molecule has 3 heteroatoms. The molecule has 0 N–H and O–H groups in total. The van der Waals surface area contributed by atoms with Gasteiger partial charge in [-0.1, -0.05) is 48.9 Å². The Hall–Kier alpha value is -2.06. The Kier molecular flexibility index (Phi) is 3.33. The van der Waals surface area contributed by atoms with Gasteiger partial charge in [0.25, 0.3) is 0 Å². The van der Waals surface area contributed by atoms with Gasteiger partial charge in [-0.2, -0.15) is 0 Å². The van der Waals surface area contributed by atoms with Crippen molar-refractivity contribution in [2.45, 2.75) is 13.3 Å². The van der Waals surface area contributed by atoms with Crippen LogP contribution in [0, 0.1) is 0 Å². The molecule has 0 aliphatic carbocycles. The molecule has 3 rings (SSSR count). The number of benzene rings is 2. The maximum atomic E-state index is 12.7. The topological polar surface area (TPSA) is 30.2 Å². The van der Waals surface area contributed by atoms with Gasteiger partial charge in [0.1, 0.15) is 11.3 Å². The zero-order chi connectivity index (χ0) is 14.1. The number of carbonyl (C=O) groups excluding carboxylic acids is 1. The summed E-state index contributed by atoms with van der Waals surface area (Å²) in [4.78, 5) is 12.7.